The molecule has 0 radical (unpaired) electrons. The molecule has 0 aliphatic carbocycles. The lowest BCUT2D eigenvalue weighted by Gasteiger charge is -2.32. The van der Waals surface area contributed by atoms with Crippen molar-refractivity contribution in [2.75, 3.05) is 33.4 Å². The second-order valence-electron chi connectivity index (χ2n) is 5.07. The number of morpholine rings is 1. The highest BCUT2D eigenvalue weighted by Crippen LogP contribution is 2.16. The van der Waals surface area contributed by atoms with Crippen LogP contribution in [0.2, 0.25) is 0 Å². The molecule has 1 aromatic carbocycles. The Morgan fingerprint density at radius 2 is 2.14 bits per heavy atom. The van der Waals surface area contributed by atoms with Crippen LogP contribution in [0.1, 0.15) is 6.92 Å². The van der Waals surface area contributed by atoms with Gasteiger partial charge in [-0.3, -0.25) is 4.79 Å². The van der Waals surface area contributed by atoms with E-state index in [0.29, 0.717) is 26.3 Å². The molecule has 1 aromatic rings. The zero-order chi connectivity index (χ0) is 15.2. The molecule has 0 spiro atoms. The largest absolute Gasteiger partial charge is 0.492 e. The van der Waals surface area contributed by atoms with Crippen molar-refractivity contribution in [3.05, 3.63) is 28.7 Å². The Kier molecular flexibility index (Phi) is 8.17. The van der Waals surface area contributed by atoms with Crippen LogP contribution in [0.4, 0.5) is 0 Å². The van der Waals surface area contributed by atoms with Crippen LogP contribution in [-0.4, -0.2) is 56.3 Å². The Bertz CT molecular complexity index is 472. The Hall–Kier alpha value is -0.820. The molecule has 1 heterocycles. The van der Waals surface area contributed by atoms with E-state index in [1.165, 1.54) is 0 Å². The van der Waals surface area contributed by atoms with Crippen molar-refractivity contribution in [2.24, 2.45) is 0 Å². The molecule has 124 valence electrons. The fourth-order valence-electron chi connectivity index (χ4n) is 2.19. The average Bonchev–Trinajstić information content (AvgIpc) is 2.49. The summed E-state index contributed by atoms with van der Waals surface area (Å²) in [6, 6.07) is 7.37. The summed E-state index contributed by atoms with van der Waals surface area (Å²) in [6.45, 7) is 4.29. The number of carbonyl (C=O) groups is 1. The number of benzene rings is 1. The van der Waals surface area contributed by atoms with Crippen molar-refractivity contribution in [1.82, 2.24) is 10.2 Å². The van der Waals surface area contributed by atoms with Crippen LogP contribution in [0.25, 0.3) is 0 Å². The third-order valence-electron chi connectivity index (χ3n) is 3.47. The predicted octanol–water partition coefficient (Wildman–Crippen LogP) is 2.08. The number of amides is 1. The summed E-state index contributed by atoms with van der Waals surface area (Å²) >= 11 is 3.38. The van der Waals surface area contributed by atoms with Gasteiger partial charge in [0, 0.05) is 18.1 Å². The number of hydrogen-bond donors (Lipinski definition) is 1. The first-order valence-corrected chi connectivity index (χ1v) is 7.85. The van der Waals surface area contributed by atoms with Gasteiger partial charge >= 0.3 is 0 Å². The van der Waals surface area contributed by atoms with E-state index in [9.17, 15) is 4.79 Å². The van der Waals surface area contributed by atoms with Gasteiger partial charge in [-0.1, -0.05) is 15.9 Å². The molecule has 2 rings (SSSR count). The Morgan fingerprint density at radius 3 is 2.77 bits per heavy atom. The zero-order valence-electron chi connectivity index (χ0n) is 12.8. The van der Waals surface area contributed by atoms with E-state index in [-0.39, 0.29) is 30.5 Å². The van der Waals surface area contributed by atoms with Gasteiger partial charge in [-0.25, -0.2) is 0 Å². The van der Waals surface area contributed by atoms with Crippen LogP contribution < -0.4 is 10.1 Å². The highest BCUT2D eigenvalue weighted by atomic mass is 79.9. The maximum Gasteiger partial charge on any atom is 0.242 e. The molecule has 5 nitrogen and oxygen atoms in total. The van der Waals surface area contributed by atoms with Crippen LogP contribution >= 0.6 is 28.3 Å². The maximum absolute atomic E-state index is 12.3. The van der Waals surface area contributed by atoms with Gasteiger partial charge < -0.3 is 19.7 Å². The third kappa shape index (κ3) is 5.43. The van der Waals surface area contributed by atoms with Crippen LogP contribution in [0.5, 0.6) is 5.75 Å². The Labute approximate surface area is 145 Å². The number of nitrogens with one attached hydrogen (secondary N) is 1. The van der Waals surface area contributed by atoms with Gasteiger partial charge in [0.05, 0.1) is 19.3 Å². The Morgan fingerprint density at radius 1 is 1.45 bits per heavy atom. The van der Waals surface area contributed by atoms with Crippen molar-refractivity contribution in [2.45, 2.75) is 19.1 Å². The van der Waals surface area contributed by atoms with Crippen LogP contribution in [0.15, 0.2) is 28.7 Å². The summed E-state index contributed by atoms with van der Waals surface area (Å²) < 4.78 is 12.1. The zero-order valence-corrected chi connectivity index (χ0v) is 15.2. The number of likely N-dealkylation sites (N-methyl/N-ethyl adjacent to an activating group) is 1. The smallest absolute Gasteiger partial charge is 0.242 e. The van der Waals surface area contributed by atoms with E-state index in [2.05, 4.69) is 21.2 Å². The van der Waals surface area contributed by atoms with Crippen molar-refractivity contribution < 1.29 is 14.3 Å². The first-order valence-electron chi connectivity index (χ1n) is 7.06. The van der Waals surface area contributed by atoms with Crippen LogP contribution in [-0.2, 0) is 9.53 Å². The molecule has 1 saturated heterocycles. The minimum absolute atomic E-state index is 0. The van der Waals surface area contributed by atoms with E-state index in [4.69, 9.17) is 9.47 Å². The second-order valence-corrected chi connectivity index (χ2v) is 5.99. The van der Waals surface area contributed by atoms with Gasteiger partial charge in [-0.15, -0.1) is 12.4 Å². The number of halogens is 2. The van der Waals surface area contributed by atoms with Crippen LogP contribution in [0, 0.1) is 0 Å². The molecule has 1 aliphatic heterocycles. The maximum atomic E-state index is 12.3. The lowest BCUT2D eigenvalue weighted by molar-refractivity contribution is -0.138. The van der Waals surface area contributed by atoms with Crippen LogP contribution in [0.3, 0.4) is 0 Å². The number of ether oxygens (including phenoxy) is 2. The molecular weight excluding hydrogens is 372 g/mol. The highest BCUT2D eigenvalue weighted by Gasteiger charge is 2.30. The SMILES string of the molecule is C[C@H]1OCCN[C@@H]1C(=O)N(C)CCOc1ccc(Br)cc1.Cl. The summed E-state index contributed by atoms with van der Waals surface area (Å²) in [5.74, 6) is 0.841. The van der Waals surface area contributed by atoms with E-state index in [0.717, 1.165) is 10.2 Å². The van der Waals surface area contributed by atoms with Crippen molar-refractivity contribution in [1.29, 1.82) is 0 Å². The molecule has 0 bridgehead atoms. The summed E-state index contributed by atoms with van der Waals surface area (Å²) in [7, 11) is 1.79. The molecule has 7 heteroatoms. The fourth-order valence-corrected chi connectivity index (χ4v) is 2.45. The average molecular weight is 394 g/mol. The van der Waals surface area contributed by atoms with Crippen molar-refractivity contribution in [3.8, 4) is 5.75 Å². The summed E-state index contributed by atoms with van der Waals surface area (Å²) in [5, 5.41) is 3.20. The molecule has 22 heavy (non-hydrogen) atoms. The summed E-state index contributed by atoms with van der Waals surface area (Å²) in [6.07, 6.45) is -0.0962. The molecule has 1 amide bonds. The van der Waals surface area contributed by atoms with E-state index in [1.807, 2.05) is 31.2 Å². The number of nitrogens with zero attached hydrogens (tertiary/aromatic N) is 1. The van der Waals surface area contributed by atoms with Gasteiger partial charge in [-0.05, 0) is 31.2 Å². The molecule has 1 aliphatic rings. The monoisotopic (exact) mass is 392 g/mol. The molecule has 1 N–H and O–H groups in total. The van der Waals surface area contributed by atoms with Gasteiger partial charge in [0.2, 0.25) is 5.91 Å². The second kappa shape index (κ2) is 9.35. The summed E-state index contributed by atoms with van der Waals surface area (Å²) in [4.78, 5) is 14.0. The van der Waals surface area contributed by atoms with Crippen molar-refractivity contribution in [3.63, 3.8) is 0 Å². The fraction of sp³-hybridized carbons (Fsp3) is 0.533. The van der Waals surface area contributed by atoms with E-state index >= 15 is 0 Å². The highest BCUT2D eigenvalue weighted by molar-refractivity contribution is 9.10. The minimum Gasteiger partial charge on any atom is -0.492 e. The lowest BCUT2D eigenvalue weighted by atomic mass is 10.1. The molecular formula is C15H22BrClN2O3. The third-order valence-corrected chi connectivity index (χ3v) is 4.00. The number of carbonyl (C=O) groups excluding carboxylic acids is 1. The quantitative estimate of drug-likeness (QED) is 0.832. The molecule has 0 aromatic heterocycles. The first-order chi connectivity index (χ1) is 10.1. The molecule has 1 fully saturated rings. The normalized spacial score (nSPS) is 20.9. The minimum atomic E-state index is -0.267. The first kappa shape index (κ1) is 19.2. The standard InChI is InChI=1S/C15H21BrN2O3.ClH/c1-11-14(17-7-9-20-11)15(19)18(2)8-10-21-13-5-3-12(16)4-6-13;/h3-6,11,14,17H,7-10H2,1-2H3;1H/t11-,14+;/m1./s1. The molecule has 2 atom stereocenters. The number of rotatable bonds is 5. The van der Waals surface area contributed by atoms with Gasteiger partial charge in [0.25, 0.3) is 0 Å². The molecule has 0 saturated carbocycles. The van der Waals surface area contributed by atoms with E-state index in [1.54, 1.807) is 11.9 Å². The topological polar surface area (TPSA) is 50.8 Å². The molecule has 0 unspecified atom stereocenters. The van der Waals surface area contributed by atoms with Gasteiger partial charge in [0.15, 0.2) is 0 Å². The lowest BCUT2D eigenvalue weighted by Crippen LogP contribution is -2.56. The van der Waals surface area contributed by atoms with E-state index < -0.39 is 0 Å². The van der Waals surface area contributed by atoms with Gasteiger partial charge in [0.1, 0.15) is 18.4 Å². The predicted molar refractivity (Wildman–Crippen MR) is 91.7 cm³/mol. The van der Waals surface area contributed by atoms with Crippen molar-refractivity contribution >= 4 is 34.2 Å². The summed E-state index contributed by atoms with van der Waals surface area (Å²) in [5.41, 5.74) is 0. The Balaban J connectivity index is 0.00000242. The number of hydrogen-bond acceptors (Lipinski definition) is 4. The van der Waals surface area contributed by atoms with Gasteiger partial charge in [-0.2, -0.15) is 0 Å².